The van der Waals surface area contributed by atoms with Crippen LogP contribution >= 0.6 is 11.8 Å². The Morgan fingerprint density at radius 3 is 2.46 bits per heavy atom. The van der Waals surface area contributed by atoms with Crippen molar-refractivity contribution >= 4 is 28.8 Å². The number of rotatable bonds is 5. The second-order valence-electron chi connectivity index (χ2n) is 6.27. The number of nitrogens with zero attached hydrogens (tertiary/aromatic N) is 2. The zero-order valence-corrected chi connectivity index (χ0v) is 14.5. The van der Waals surface area contributed by atoms with Crippen molar-refractivity contribution in [1.82, 2.24) is 9.80 Å². The lowest BCUT2D eigenvalue weighted by Crippen LogP contribution is -2.48. The fourth-order valence-corrected chi connectivity index (χ4v) is 4.11. The molecule has 128 valence electrons. The highest BCUT2D eigenvalue weighted by Gasteiger charge is 2.37. The Labute approximate surface area is 146 Å². The van der Waals surface area contributed by atoms with Crippen molar-refractivity contribution in [2.45, 2.75) is 38.1 Å². The van der Waals surface area contributed by atoms with Crippen LogP contribution in [-0.2, 0) is 16.0 Å². The first-order valence-corrected chi connectivity index (χ1v) is 9.44. The van der Waals surface area contributed by atoms with Crippen LogP contribution in [0.15, 0.2) is 30.3 Å². The van der Waals surface area contributed by atoms with Gasteiger partial charge in [-0.2, -0.15) is 0 Å². The van der Waals surface area contributed by atoms with Gasteiger partial charge >= 0.3 is 0 Å². The Balaban J connectivity index is 1.42. The highest BCUT2D eigenvalue weighted by molar-refractivity contribution is 8.14. The number of piperidine rings is 1. The van der Waals surface area contributed by atoms with Gasteiger partial charge in [-0.1, -0.05) is 42.1 Å². The average Bonchev–Trinajstić information content (AvgIpc) is 2.94. The van der Waals surface area contributed by atoms with Crippen molar-refractivity contribution in [3.05, 3.63) is 35.9 Å². The number of carbonyl (C=O) groups is 3. The molecule has 0 radical (unpaired) electrons. The molecule has 0 aliphatic carbocycles. The molecule has 5 nitrogen and oxygen atoms in total. The highest BCUT2D eigenvalue weighted by Crippen LogP contribution is 2.26. The fraction of sp³-hybridized carbons (Fsp3) is 0.500. The summed E-state index contributed by atoms with van der Waals surface area (Å²) < 4.78 is 0. The molecule has 6 heteroatoms. The third kappa shape index (κ3) is 3.98. The summed E-state index contributed by atoms with van der Waals surface area (Å²) in [7, 11) is 0. The second kappa shape index (κ2) is 7.83. The van der Waals surface area contributed by atoms with Crippen molar-refractivity contribution < 1.29 is 14.4 Å². The van der Waals surface area contributed by atoms with Crippen molar-refractivity contribution in [2.24, 2.45) is 0 Å². The van der Waals surface area contributed by atoms with E-state index in [0.717, 1.165) is 24.6 Å². The lowest BCUT2D eigenvalue weighted by Gasteiger charge is -2.35. The van der Waals surface area contributed by atoms with Crippen molar-refractivity contribution in [2.75, 3.05) is 18.8 Å². The van der Waals surface area contributed by atoms with Crippen molar-refractivity contribution in [3.63, 3.8) is 0 Å². The second-order valence-corrected chi connectivity index (χ2v) is 7.20. The number of likely N-dealkylation sites (tertiary alicyclic amines) is 1. The van der Waals surface area contributed by atoms with Crippen LogP contribution in [0.2, 0.25) is 0 Å². The SMILES string of the molecule is O=C(CCCc1ccccc1)N1CCC(N2C(=O)CSC2=O)CC1. The zero-order chi connectivity index (χ0) is 16.9. The molecule has 2 saturated heterocycles. The maximum absolute atomic E-state index is 12.3. The first-order valence-electron chi connectivity index (χ1n) is 8.45. The fourth-order valence-electron chi connectivity index (χ4n) is 3.34. The summed E-state index contributed by atoms with van der Waals surface area (Å²) >= 11 is 1.08. The van der Waals surface area contributed by atoms with E-state index in [0.29, 0.717) is 32.4 Å². The number of amides is 3. The Morgan fingerprint density at radius 2 is 1.83 bits per heavy atom. The summed E-state index contributed by atoms with van der Waals surface area (Å²) in [5.41, 5.74) is 1.26. The van der Waals surface area contributed by atoms with E-state index >= 15 is 0 Å². The van der Waals surface area contributed by atoms with E-state index < -0.39 is 0 Å². The highest BCUT2D eigenvalue weighted by atomic mass is 32.2. The molecule has 3 rings (SSSR count). The van der Waals surface area contributed by atoms with E-state index in [1.54, 1.807) is 0 Å². The topological polar surface area (TPSA) is 57.7 Å². The molecule has 2 heterocycles. The molecule has 0 saturated carbocycles. The van der Waals surface area contributed by atoms with Crippen LogP contribution in [0, 0.1) is 0 Å². The van der Waals surface area contributed by atoms with Gasteiger partial charge in [0.2, 0.25) is 11.8 Å². The number of benzene rings is 1. The van der Waals surface area contributed by atoms with Crippen LogP contribution in [-0.4, -0.2) is 51.7 Å². The largest absolute Gasteiger partial charge is 0.343 e. The molecular weight excluding hydrogens is 324 g/mol. The van der Waals surface area contributed by atoms with Gasteiger partial charge in [0.25, 0.3) is 5.24 Å². The monoisotopic (exact) mass is 346 g/mol. The van der Waals surface area contributed by atoms with Crippen LogP contribution in [0.3, 0.4) is 0 Å². The molecule has 0 atom stereocenters. The van der Waals surface area contributed by atoms with Gasteiger partial charge in [-0.3, -0.25) is 19.3 Å². The smallest absolute Gasteiger partial charge is 0.289 e. The third-order valence-corrected chi connectivity index (χ3v) is 5.50. The van der Waals surface area contributed by atoms with Gasteiger partial charge in [-0.25, -0.2) is 0 Å². The number of carbonyl (C=O) groups excluding carboxylic acids is 3. The van der Waals surface area contributed by atoms with Gasteiger partial charge < -0.3 is 4.90 Å². The number of imide groups is 1. The van der Waals surface area contributed by atoms with Crippen molar-refractivity contribution in [1.29, 1.82) is 0 Å². The van der Waals surface area contributed by atoms with Crippen LogP contribution in [0.25, 0.3) is 0 Å². The predicted molar refractivity (Wildman–Crippen MR) is 93.7 cm³/mol. The Hall–Kier alpha value is -1.82. The number of aryl methyl sites for hydroxylation is 1. The Morgan fingerprint density at radius 1 is 1.12 bits per heavy atom. The van der Waals surface area contributed by atoms with Crippen LogP contribution in [0.4, 0.5) is 4.79 Å². The van der Waals surface area contributed by atoms with E-state index in [9.17, 15) is 14.4 Å². The maximum atomic E-state index is 12.3. The maximum Gasteiger partial charge on any atom is 0.289 e. The summed E-state index contributed by atoms with van der Waals surface area (Å²) in [5, 5.41) is -0.132. The Kier molecular flexibility index (Phi) is 5.56. The number of hydrogen-bond donors (Lipinski definition) is 0. The number of thioether (sulfide) groups is 1. The lowest BCUT2D eigenvalue weighted by molar-refractivity contribution is -0.133. The molecule has 0 aromatic heterocycles. The molecule has 0 spiro atoms. The van der Waals surface area contributed by atoms with Crippen LogP contribution < -0.4 is 0 Å². The lowest BCUT2D eigenvalue weighted by atomic mass is 10.0. The predicted octanol–water partition coefficient (Wildman–Crippen LogP) is 2.70. The zero-order valence-electron chi connectivity index (χ0n) is 13.6. The molecule has 2 fully saturated rings. The van der Waals surface area contributed by atoms with Gasteiger partial charge in [0.15, 0.2) is 0 Å². The van der Waals surface area contributed by atoms with E-state index in [1.807, 2.05) is 23.1 Å². The van der Waals surface area contributed by atoms with Crippen LogP contribution in [0.5, 0.6) is 0 Å². The van der Waals surface area contributed by atoms with Gasteiger partial charge in [0.05, 0.1) is 5.75 Å². The molecular formula is C18H22N2O3S. The summed E-state index contributed by atoms with van der Waals surface area (Å²) in [6.07, 6.45) is 3.71. The molecule has 0 unspecified atom stereocenters. The molecule has 24 heavy (non-hydrogen) atoms. The molecule has 3 amide bonds. The van der Waals surface area contributed by atoms with Gasteiger partial charge in [-0.05, 0) is 31.2 Å². The molecule has 2 aliphatic rings. The van der Waals surface area contributed by atoms with E-state index in [-0.39, 0.29) is 28.8 Å². The van der Waals surface area contributed by atoms with Gasteiger partial charge in [-0.15, -0.1) is 0 Å². The molecule has 2 aliphatic heterocycles. The van der Waals surface area contributed by atoms with Gasteiger partial charge in [0, 0.05) is 25.6 Å². The normalized spacial score (nSPS) is 19.2. The number of hydrogen-bond acceptors (Lipinski definition) is 4. The van der Waals surface area contributed by atoms with Gasteiger partial charge in [0.1, 0.15) is 0 Å². The van der Waals surface area contributed by atoms with Crippen molar-refractivity contribution in [3.8, 4) is 0 Å². The minimum atomic E-state index is -0.132. The van der Waals surface area contributed by atoms with E-state index in [4.69, 9.17) is 0 Å². The molecule has 1 aromatic rings. The Bertz CT molecular complexity index is 596. The first-order chi connectivity index (χ1) is 11.6. The third-order valence-electron chi connectivity index (χ3n) is 4.67. The van der Waals surface area contributed by atoms with Crippen LogP contribution in [0.1, 0.15) is 31.2 Å². The summed E-state index contributed by atoms with van der Waals surface area (Å²) in [6.45, 7) is 1.27. The standard InChI is InChI=1S/C18H22N2O3S/c21-16(8-4-7-14-5-2-1-3-6-14)19-11-9-15(10-12-19)20-17(22)13-24-18(20)23/h1-3,5-6,15H,4,7-13H2. The summed E-state index contributed by atoms with van der Waals surface area (Å²) in [4.78, 5) is 39.1. The minimum Gasteiger partial charge on any atom is -0.343 e. The van der Waals surface area contributed by atoms with E-state index in [2.05, 4.69) is 12.1 Å². The minimum absolute atomic E-state index is 0.0339. The first kappa shape index (κ1) is 17.0. The summed E-state index contributed by atoms with van der Waals surface area (Å²) in [5.74, 6) is 0.354. The molecule has 0 bridgehead atoms. The average molecular weight is 346 g/mol. The van der Waals surface area contributed by atoms with E-state index in [1.165, 1.54) is 10.5 Å². The molecule has 0 N–H and O–H groups in total. The quantitative estimate of drug-likeness (QED) is 0.822. The molecule has 1 aromatic carbocycles. The summed E-state index contributed by atoms with van der Waals surface area (Å²) in [6, 6.07) is 10.2.